The van der Waals surface area contributed by atoms with Gasteiger partial charge in [0.15, 0.2) is 5.82 Å². The number of anilines is 1. The summed E-state index contributed by atoms with van der Waals surface area (Å²) in [6.07, 6.45) is 0. The molecule has 0 radical (unpaired) electrons. The minimum atomic E-state index is -0.354. The number of rotatable bonds is 3. The van der Waals surface area contributed by atoms with E-state index >= 15 is 0 Å². The summed E-state index contributed by atoms with van der Waals surface area (Å²) in [5.74, 6) is 1.09. The quantitative estimate of drug-likeness (QED) is 0.909. The lowest BCUT2D eigenvalue weighted by molar-refractivity contribution is -0.116. The molecule has 1 atom stereocenters. The number of hydrogen-bond acceptors (Lipinski definition) is 4. The average molecular weight is 286 g/mol. The number of aliphatic imine (C=N–C) groups is 1. The lowest BCUT2D eigenvalue weighted by atomic mass is 10.2. The lowest BCUT2D eigenvalue weighted by Gasteiger charge is -2.04. The number of H-pyrrole nitrogens is 1. The number of aromatic amines is 1. The number of hydrogen-bond donors (Lipinski definition) is 2. The Bertz CT molecular complexity index is 650. The van der Waals surface area contributed by atoms with Crippen LogP contribution in [0.2, 0.25) is 0 Å². The first-order valence-electron chi connectivity index (χ1n) is 6.31. The van der Waals surface area contributed by atoms with Crippen molar-refractivity contribution in [2.45, 2.75) is 13.0 Å². The highest BCUT2D eigenvalue weighted by Gasteiger charge is 2.26. The van der Waals surface area contributed by atoms with E-state index in [2.05, 4.69) is 20.5 Å². The summed E-state index contributed by atoms with van der Waals surface area (Å²) in [4.78, 5) is 16.6. The van der Waals surface area contributed by atoms with Crippen LogP contribution in [0.1, 0.15) is 11.3 Å². The maximum Gasteiger partial charge on any atom is 0.251 e. The third kappa shape index (κ3) is 2.75. The number of thioether (sulfide) groups is 1. The maximum absolute atomic E-state index is 12.1. The molecule has 1 unspecified atom stereocenters. The summed E-state index contributed by atoms with van der Waals surface area (Å²) >= 11 is 1.61. The van der Waals surface area contributed by atoms with Crippen molar-refractivity contribution < 1.29 is 4.79 Å². The van der Waals surface area contributed by atoms with Crippen molar-refractivity contribution >= 4 is 28.5 Å². The second kappa shape index (κ2) is 5.50. The molecular weight excluding hydrogens is 272 g/mol. The van der Waals surface area contributed by atoms with Gasteiger partial charge in [-0.05, 0) is 6.92 Å². The average Bonchev–Trinajstić information content (AvgIpc) is 3.09. The molecule has 0 aliphatic carbocycles. The Kier molecular flexibility index (Phi) is 3.56. The molecule has 6 heteroatoms. The van der Waals surface area contributed by atoms with Crippen LogP contribution >= 0.6 is 11.8 Å². The van der Waals surface area contributed by atoms with Gasteiger partial charge in [-0.25, -0.2) is 0 Å². The van der Waals surface area contributed by atoms with E-state index < -0.39 is 0 Å². The number of amides is 1. The van der Waals surface area contributed by atoms with Gasteiger partial charge in [0.25, 0.3) is 5.91 Å². The van der Waals surface area contributed by atoms with E-state index in [1.165, 1.54) is 0 Å². The number of benzene rings is 1. The Morgan fingerprint density at radius 2 is 2.20 bits per heavy atom. The van der Waals surface area contributed by atoms with E-state index in [0.717, 1.165) is 16.3 Å². The predicted molar refractivity (Wildman–Crippen MR) is 81.2 cm³/mol. The molecule has 20 heavy (non-hydrogen) atoms. The monoisotopic (exact) mass is 286 g/mol. The van der Waals surface area contributed by atoms with Crippen LogP contribution in [-0.2, 0) is 4.79 Å². The molecule has 102 valence electrons. The highest BCUT2D eigenvalue weighted by Crippen LogP contribution is 2.24. The molecule has 0 saturated carbocycles. The van der Waals surface area contributed by atoms with Crippen LogP contribution < -0.4 is 5.32 Å². The van der Waals surface area contributed by atoms with Gasteiger partial charge in [-0.1, -0.05) is 30.3 Å². The normalized spacial score (nSPS) is 17.9. The zero-order chi connectivity index (χ0) is 13.9. The molecule has 2 heterocycles. The van der Waals surface area contributed by atoms with Crippen molar-refractivity contribution in [3.05, 3.63) is 47.7 Å². The van der Waals surface area contributed by atoms with Crippen LogP contribution in [0.25, 0.3) is 0 Å². The fraction of sp³-hybridized carbons (Fsp3) is 0.214. The van der Waals surface area contributed by atoms with E-state index in [4.69, 9.17) is 0 Å². The van der Waals surface area contributed by atoms with Crippen molar-refractivity contribution in [3.63, 3.8) is 0 Å². The largest absolute Gasteiger partial charge is 0.307 e. The second-order valence-electron chi connectivity index (χ2n) is 4.55. The molecule has 3 rings (SSSR count). The first-order valence-corrected chi connectivity index (χ1v) is 7.30. The Hall–Kier alpha value is -2.08. The number of carbonyl (C=O) groups is 1. The Morgan fingerprint density at radius 3 is 2.90 bits per heavy atom. The summed E-state index contributed by atoms with van der Waals surface area (Å²) in [6, 6.07) is 11.4. The highest BCUT2D eigenvalue weighted by molar-refractivity contribution is 8.14. The molecule has 0 fully saturated rings. The van der Waals surface area contributed by atoms with Crippen LogP contribution in [0.5, 0.6) is 0 Å². The van der Waals surface area contributed by atoms with Gasteiger partial charge >= 0.3 is 0 Å². The van der Waals surface area contributed by atoms with E-state index in [9.17, 15) is 4.79 Å². The van der Waals surface area contributed by atoms with E-state index in [0.29, 0.717) is 11.6 Å². The van der Waals surface area contributed by atoms with E-state index in [1.807, 2.05) is 37.3 Å². The Labute approximate surface area is 120 Å². The SMILES string of the molecule is Cc1cc(NC(=O)C2CSC(c3ccccc3)=N2)n[nH]1. The number of carbonyl (C=O) groups excluding carboxylic acids is 1. The molecule has 1 aromatic heterocycles. The zero-order valence-corrected chi connectivity index (χ0v) is 11.8. The standard InChI is InChI=1S/C14H14N4OS/c1-9-7-12(18-17-9)16-13(19)11-8-20-14(15-11)10-5-3-2-4-6-10/h2-7,11H,8H2,1H3,(H2,16,17,18,19). The third-order valence-corrected chi connectivity index (χ3v) is 4.03. The molecule has 0 bridgehead atoms. The molecular formula is C14H14N4OS. The number of nitrogens with zero attached hydrogens (tertiary/aromatic N) is 2. The summed E-state index contributed by atoms with van der Waals surface area (Å²) < 4.78 is 0. The van der Waals surface area contributed by atoms with Gasteiger partial charge in [0.2, 0.25) is 0 Å². The van der Waals surface area contributed by atoms with Gasteiger partial charge < -0.3 is 5.32 Å². The topological polar surface area (TPSA) is 70.1 Å². The predicted octanol–water partition coefficient (Wildman–Crippen LogP) is 2.22. The van der Waals surface area contributed by atoms with Crippen molar-refractivity contribution in [2.75, 3.05) is 11.1 Å². The maximum atomic E-state index is 12.1. The van der Waals surface area contributed by atoms with Crippen molar-refractivity contribution in [3.8, 4) is 0 Å². The minimum Gasteiger partial charge on any atom is -0.307 e. The van der Waals surface area contributed by atoms with Gasteiger partial charge in [0.05, 0.1) is 5.04 Å². The molecule has 1 aromatic carbocycles. The van der Waals surface area contributed by atoms with Crippen LogP contribution in [-0.4, -0.2) is 32.9 Å². The fourth-order valence-electron chi connectivity index (χ4n) is 1.94. The summed E-state index contributed by atoms with van der Waals surface area (Å²) in [7, 11) is 0. The highest BCUT2D eigenvalue weighted by atomic mass is 32.2. The van der Waals surface area contributed by atoms with E-state index in [-0.39, 0.29) is 11.9 Å². The first-order chi connectivity index (χ1) is 9.72. The molecule has 0 saturated heterocycles. The fourth-order valence-corrected chi connectivity index (χ4v) is 2.98. The Morgan fingerprint density at radius 1 is 1.40 bits per heavy atom. The molecule has 1 aliphatic rings. The van der Waals surface area contributed by atoms with E-state index in [1.54, 1.807) is 17.8 Å². The van der Waals surface area contributed by atoms with Gasteiger partial charge in [-0.15, -0.1) is 11.8 Å². The van der Waals surface area contributed by atoms with Gasteiger partial charge in [0, 0.05) is 23.1 Å². The van der Waals surface area contributed by atoms with Crippen molar-refractivity contribution in [1.29, 1.82) is 0 Å². The Balaban J connectivity index is 1.70. The summed E-state index contributed by atoms with van der Waals surface area (Å²) in [5, 5.41) is 10.5. The molecule has 1 aliphatic heterocycles. The summed E-state index contributed by atoms with van der Waals surface area (Å²) in [6.45, 7) is 1.89. The zero-order valence-electron chi connectivity index (χ0n) is 11.0. The van der Waals surface area contributed by atoms with Crippen molar-refractivity contribution in [2.24, 2.45) is 4.99 Å². The number of aryl methyl sites for hydroxylation is 1. The molecule has 0 spiro atoms. The lowest BCUT2D eigenvalue weighted by Crippen LogP contribution is -2.26. The van der Waals surface area contributed by atoms with Gasteiger partial charge in [-0.2, -0.15) is 5.10 Å². The molecule has 2 N–H and O–H groups in total. The van der Waals surface area contributed by atoms with Gasteiger partial charge in [0.1, 0.15) is 6.04 Å². The van der Waals surface area contributed by atoms with Crippen molar-refractivity contribution in [1.82, 2.24) is 10.2 Å². The molecule has 2 aromatic rings. The van der Waals surface area contributed by atoms with Crippen LogP contribution in [0.3, 0.4) is 0 Å². The van der Waals surface area contributed by atoms with Crippen LogP contribution in [0.4, 0.5) is 5.82 Å². The molecule has 5 nitrogen and oxygen atoms in total. The van der Waals surface area contributed by atoms with Gasteiger partial charge in [-0.3, -0.25) is 14.9 Å². The summed E-state index contributed by atoms with van der Waals surface area (Å²) in [5.41, 5.74) is 1.97. The van der Waals surface area contributed by atoms with Crippen LogP contribution in [0.15, 0.2) is 41.4 Å². The minimum absolute atomic E-state index is 0.116. The first kappa shape index (κ1) is 12.9. The second-order valence-corrected chi connectivity index (χ2v) is 5.56. The smallest absolute Gasteiger partial charge is 0.251 e. The van der Waals surface area contributed by atoms with Crippen LogP contribution in [0, 0.1) is 6.92 Å². The number of aromatic nitrogens is 2. The third-order valence-electron chi connectivity index (χ3n) is 2.93. The number of nitrogens with one attached hydrogen (secondary N) is 2. The molecule has 1 amide bonds.